The number of nitrogens with one attached hydrogen (secondary N) is 1. The van der Waals surface area contributed by atoms with Crippen LogP contribution >= 0.6 is 0 Å². The van der Waals surface area contributed by atoms with Crippen LogP contribution < -0.4 is 9.47 Å². The summed E-state index contributed by atoms with van der Waals surface area (Å²) in [6.45, 7) is 2.74. The van der Waals surface area contributed by atoms with E-state index in [0.717, 1.165) is 19.2 Å². The van der Waals surface area contributed by atoms with Gasteiger partial charge in [-0.3, -0.25) is 9.59 Å². The summed E-state index contributed by atoms with van der Waals surface area (Å²) >= 11 is 0. The van der Waals surface area contributed by atoms with Gasteiger partial charge in [-0.05, 0) is 31.3 Å². The van der Waals surface area contributed by atoms with Gasteiger partial charge in [-0.2, -0.15) is 0 Å². The van der Waals surface area contributed by atoms with Crippen molar-refractivity contribution in [3.8, 4) is 23.0 Å². The first-order valence-electron chi connectivity index (χ1n) is 10.5. The molecule has 0 spiro atoms. The number of carbonyl (C=O) groups excluding carboxylic acids is 2. The smallest absolute Gasteiger partial charge is 0.271 e. The van der Waals surface area contributed by atoms with E-state index in [1.165, 1.54) is 12.1 Å². The summed E-state index contributed by atoms with van der Waals surface area (Å²) in [5, 5.41) is 20.6. The minimum absolute atomic E-state index is 0.0246. The van der Waals surface area contributed by atoms with Crippen molar-refractivity contribution in [2.45, 2.75) is 0 Å². The standard InChI is InChI=1S/C24H23N3O6/c1-26-5-7-27(8-6-26)24(31)22-16(15-11-14(32-2)3-4-17(15)25-22)12-20-23(30)21-18(29)9-13(28)10-19(21)33-20/h3-4,9-12,25,28-29H,5-8H2,1-2H3. The predicted octanol–water partition coefficient (Wildman–Crippen LogP) is 2.59. The number of phenolic OH excluding ortho intramolecular Hbond substituents is 2. The third kappa shape index (κ3) is 3.56. The molecule has 2 aliphatic heterocycles. The second kappa shape index (κ2) is 7.86. The van der Waals surface area contributed by atoms with Gasteiger partial charge < -0.3 is 34.5 Å². The minimum Gasteiger partial charge on any atom is -0.508 e. The van der Waals surface area contributed by atoms with Crippen LogP contribution in [0.2, 0.25) is 0 Å². The average molecular weight is 449 g/mol. The van der Waals surface area contributed by atoms with Gasteiger partial charge in [-0.15, -0.1) is 0 Å². The molecule has 3 N–H and O–H groups in total. The molecule has 1 amide bonds. The van der Waals surface area contributed by atoms with Gasteiger partial charge in [-0.1, -0.05) is 0 Å². The largest absolute Gasteiger partial charge is 0.508 e. The van der Waals surface area contributed by atoms with E-state index in [1.807, 2.05) is 13.1 Å². The summed E-state index contributed by atoms with van der Waals surface area (Å²) in [6.07, 6.45) is 1.50. The molecule has 5 rings (SSSR count). The third-order valence-corrected chi connectivity index (χ3v) is 6.06. The van der Waals surface area contributed by atoms with Gasteiger partial charge in [0.2, 0.25) is 5.78 Å². The van der Waals surface area contributed by atoms with E-state index < -0.39 is 5.78 Å². The van der Waals surface area contributed by atoms with Crippen LogP contribution in [0, 0.1) is 0 Å². The molecule has 0 aliphatic carbocycles. The van der Waals surface area contributed by atoms with Gasteiger partial charge in [0.05, 0.1) is 7.11 Å². The highest BCUT2D eigenvalue weighted by Crippen LogP contribution is 2.41. The van der Waals surface area contributed by atoms with Crippen LogP contribution in [0.3, 0.4) is 0 Å². The molecule has 9 heteroatoms. The number of phenols is 2. The van der Waals surface area contributed by atoms with Crippen molar-refractivity contribution in [3.05, 3.63) is 52.9 Å². The van der Waals surface area contributed by atoms with Gasteiger partial charge in [0, 0.05) is 54.8 Å². The van der Waals surface area contributed by atoms with Crippen molar-refractivity contribution in [2.24, 2.45) is 0 Å². The number of aromatic hydroxyl groups is 2. The Morgan fingerprint density at radius 2 is 1.91 bits per heavy atom. The number of hydrogen-bond acceptors (Lipinski definition) is 7. The van der Waals surface area contributed by atoms with Crippen LogP contribution in [0.15, 0.2) is 36.1 Å². The van der Waals surface area contributed by atoms with Crippen molar-refractivity contribution < 1.29 is 29.3 Å². The number of Topliss-reactive ketones (excluding diaryl/α,β-unsaturated/α-hetero) is 1. The number of amides is 1. The first kappa shape index (κ1) is 20.9. The second-order valence-corrected chi connectivity index (χ2v) is 8.20. The number of ether oxygens (including phenoxy) is 2. The van der Waals surface area contributed by atoms with E-state index in [4.69, 9.17) is 9.47 Å². The Hall–Kier alpha value is -3.98. The zero-order valence-corrected chi connectivity index (χ0v) is 18.2. The number of nitrogens with zero attached hydrogens (tertiary/aromatic N) is 2. The lowest BCUT2D eigenvalue weighted by Gasteiger charge is -2.32. The number of carbonyl (C=O) groups is 2. The molecular formula is C24H23N3O6. The topological polar surface area (TPSA) is 115 Å². The summed E-state index contributed by atoms with van der Waals surface area (Å²) in [5.41, 5.74) is 1.52. The lowest BCUT2D eigenvalue weighted by Crippen LogP contribution is -2.47. The number of aromatic nitrogens is 1. The molecule has 0 saturated carbocycles. The number of likely N-dealkylation sites (N-methyl/N-ethyl adjacent to an activating group) is 1. The van der Waals surface area contributed by atoms with Crippen molar-refractivity contribution >= 4 is 28.7 Å². The minimum atomic E-state index is -0.530. The number of H-pyrrole nitrogens is 1. The van der Waals surface area contributed by atoms with E-state index in [0.29, 0.717) is 41.0 Å². The summed E-state index contributed by atoms with van der Waals surface area (Å²) < 4.78 is 11.0. The highest BCUT2D eigenvalue weighted by molar-refractivity contribution is 6.17. The van der Waals surface area contributed by atoms with Gasteiger partial charge >= 0.3 is 0 Å². The molecule has 0 bridgehead atoms. The SMILES string of the molecule is COc1ccc2[nH]c(C(=O)N3CCN(C)CC3)c(C=C3Oc4cc(O)cc(O)c4C3=O)c2c1. The monoisotopic (exact) mass is 449 g/mol. The molecule has 2 aliphatic rings. The van der Waals surface area contributed by atoms with Crippen molar-refractivity contribution in [1.82, 2.24) is 14.8 Å². The maximum Gasteiger partial charge on any atom is 0.271 e. The van der Waals surface area contributed by atoms with E-state index in [9.17, 15) is 19.8 Å². The fourth-order valence-corrected chi connectivity index (χ4v) is 4.21. The lowest BCUT2D eigenvalue weighted by atomic mass is 10.0. The van der Waals surface area contributed by atoms with E-state index in [-0.39, 0.29) is 34.5 Å². The number of hydrogen-bond donors (Lipinski definition) is 3. The zero-order valence-electron chi connectivity index (χ0n) is 18.2. The molecule has 3 aromatic rings. The Morgan fingerprint density at radius 3 is 2.64 bits per heavy atom. The maximum absolute atomic E-state index is 13.4. The molecule has 0 atom stereocenters. The number of aromatic amines is 1. The number of piperazine rings is 1. The van der Waals surface area contributed by atoms with Gasteiger partial charge in [0.1, 0.15) is 34.3 Å². The Labute approximate surface area is 189 Å². The van der Waals surface area contributed by atoms with Gasteiger partial charge in [0.15, 0.2) is 5.76 Å². The molecule has 1 fully saturated rings. The van der Waals surface area contributed by atoms with Crippen LogP contribution in [0.4, 0.5) is 0 Å². The predicted molar refractivity (Wildman–Crippen MR) is 121 cm³/mol. The van der Waals surface area contributed by atoms with Crippen LogP contribution in [0.1, 0.15) is 26.4 Å². The lowest BCUT2D eigenvalue weighted by molar-refractivity contribution is 0.0658. The zero-order chi connectivity index (χ0) is 23.3. The molecule has 3 heterocycles. The first-order chi connectivity index (χ1) is 15.9. The number of ketones is 1. The first-order valence-corrected chi connectivity index (χ1v) is 10.5. The number of rotatable bonds is 3. The molecule has 2 aromatic carbocycles. The van der Waals surface area contributed by atoms with Crippen LogP contribution in [0.5, 0.6) is 23.0 Å². The Morgan fingerprint density at radius 1 is 1.15 bits per heavy atom. The number of methoxy groups -OCH3 is 1. The van der Waals surface area contributed by atoms with Crippen LogP contribution in [0.25, 0.3) is 17.0 Å². The number of fused-ring (bicyclic) bond motifs is 2. The quantitative estimate of drug-likeness (QED) is 0.527. The van der Waals surface area contributed by atoms with E-state index in [2.05, 4.69) is 9.88 Å². The summed E-state index contributed by atoms with van der Waals surface area (Å²) in [7, 11) is 3.57. The number of benzene rings is 2. The Balaban J connectivity index is 1.62. The van der Waals surface area contributed by atoms with Crippen LogP contribution in [-0.2, 0) is 0 Å². The number of allylic oxidation sites excluding steroid dienone is 1. The van der Waals surface area contributed by atoms with E-state index >= 15 is 0 Å². The maximum atomic E-state index is 13.4. The van der Waals surface area contributed by atoms with Gasteiger partial charge in [0.25, 0.3) is 5.91 Å². The highest BCUT2D eigenvalue weighted by atomic mass is 16.5. The van der Waals surface area contributed by atoms with E-state index in [1.54, 1.807) is 24.1 Å². The second-order valence-electron chi connectivity index (χ2n) is 8.20. The van der Waals surface area contributed by atoms with Crippen molar-refractivity contribution in [1.29, 1.82) is 0 Å². The fourth-order valence-electron chi connectivity index (χ4n) is 4.21. The molecule has 1 saturated heterocycles. The molecule has 33 heavy (non-hydrogen) atoms. The van der Waals surface area contributed by atoms with Crippen LogP contribution in [-0.4, -0.2) is 77.0 Å². The molecule has 0 radical (unpaired) electrons. The Bertz CT molecular complexity index is 1320. The molecule has 9 nitrogen and oxygen atoms in total. The molecular weight excluding hydrogens is 426 g/mol. The van der Waals surface area contributed by atoms with Crippen molar-refractivity contribution in [3.63, 3.8) is 0 Å². The highest BCUT2D eigenvalue weighted by Gasteiger charge is 2.33. The summed E-state index contributed by atoms with van der Waals surface area (Å²) in [6, 6.07) is 7.74. The molecule has 0 unspecified atom stereocenters. The average Bonchev–Trinajstić information content (AvgIpc) is 3.31. The van der Waals surface area contributed by atoms with Gasteiger partial charge in [-0.25, -0.2) is 0 Å². The molecule has 170 valence electrons. The third-order valence-electron chi connectivity index (χ3n) is 6.06. The summed E-state index contributed by atoms with van der Waals surface area (Å²) in [5.74, 6) is -0.679. The summed E-state index contributed by atoms with van der Waals surface area (Å²) in [4.78, 5) is 33.5. The van der Waals surface area contributed by atoms with Crippen molar-refractivity contribution in [2.75, 3.05) is 40.3 Å². The normalized spacial score (nSPS) is 17.5. The fraction of sp³-hybridized carbons (Fsp3) is 0.250. The Kier molecular flexibility index (Phi) is 4.98. The molecule has 1 aromatic heterocycles.